The number of halogens is 1. The lowest BCUT2D eigenvalue weighted by molar-refractivity contribution is -0.141. The smallest absolute Gasteiger partial charge is 0.307 e. The summed E-state index contributed by atoms with van der Waals surface area (Å²) in [5.74, 6) is -0.738. The maximum absolute atomic E-state index is 12.4. The second-order valence-corrected chi connectivity index (χ2v) is 6.81. The number of ether oxygens (including phenoxy) is 1. The van der Waals surface area contributed by atoms with Crippen molar-refractivity contribution in [3.8, 4) is 0 Å². The van der Waals surface area contributed by atoms with Crippen LogP contribution in [0.4, 0.5) is 0 Å². The molecule has 0 spiro atoms. The molecule has 0 radical (unpaired) electrons. The Morgan fingerprint density at radius 2 is 1.93 bits per heavy atom. The molecule has 7 nitrogen and oxygen atoms in total. The van der Waals surface area contributed by atoms with Gasteiger partial charge in [0, 0.05) is 22.7 Å². The van der Waals surface area contributed by atoms with Crippen LogP contribution < -0.4 is 10.9 Å². The fourth-order valence-electron chi connectivity index (χ4n) is 2.63. The monoisotopic (exact) mass is 409 g/mol. The Labute approximate surface area is 166 Å². The van der Waals surface area contributed by atoms with Crippen LogP contribution in [0.25, 0.3) is 0 Å². The number of aromatic amines is 2. The summed E-state index contributed by atoms with van der Waals surface area (Å²) in [6.45, 7) is 1.73. The van der Waals surface area contributed by atoms with Crippen molar-refractivity contribution in [1.29, 1.82) is 0 Å². The number of nitrogens with one attached hydrogen (secondary N) is 3. The molecule has 0 saturated carbocycles. The molecule has 0 aliphatic carbocycles. The Morgan fingerprint density at radius 3 is 2.52 bits per heavy atom. The van der Waals surface area contributed by atoms with Crippen molar-refractivity contribution in [3.05, 3.63) is 61.2 Å². The number of H-pyrrole nitrogens is 2. The molecule has 1 atom stereocenters. The standard InChI is InChI=1S/C18H20ClN3O4S/c1-10-13(17(25)22-18(27)20-10)7-8-15(23)21-14(9-16(24)26-2)11-3-5-12(19)6-4-11/h3-6,14H,7-9H2,1-2H3,(H,21,23)(H2,20,22,25,27)/t14-/m0/s1. The first-order valence-corrected chi connectivity index (χ1v) is 9.02. The Balaban J connectivity index is 2.09. The number of methoxy groups -OCH3 is 1. The lowest BCUT2D eigenvalue weighted by Crippen LogP contribution is -2.31. The lowest BCUT2D eigenvalue weighted by Gasteiger charge is -2.18. The molecule has 0 aliphatic rings. The zero-order chi connectivity index (χ0) is 20.0. The number of hydrogen-bond donors (Lipinski definition) is 3. The van der Waals surface area contributed by atoms with Gasteiger partial charge in [-0.1, -0.05) is 23.7 Å². The van der Waals surface area contributed by atoms with Crippen LogP contribution in [0.1, 0.15) is 35.7 Å². The fraction of sp³-hybridized carbons (Fsp3) is 0.333. The van der Waals surface area contributed by atoms with Gasteiger partial charge in [0.25, 0.3) is 5.56 Å². The van der Waals surface area contributed by atoms with E-state index in [9.17, 15) is 14.4 Å². The highest BCUT2D eigenvalue weighted by molar-refractivity contribution is 7.71. The highest BCUT2D eigenvalue weighted by atomic mass is 35.5. The van der Waals surface area contributed by atoms with Crippen LogP contribution in [0.15, 0.2) is 29.1 Å². The molecule has 1 heterocycles. The number of carbonyl (C=O) groups is 2. The van der Waals surface area contributed by atoms with E-state index >= 15 is 0 Å². The van der Waals surface area contributed by atoms with Crippen molar-refractivity contribution in [2.75, 3.05) is 7.11 Å². The zero-order valence-electron chi connectivity index (χ0n) is 14.9. The SMILES string of the molecule is COC(=O)C[C@H](NC(=O)CCc1c(C)[nH]c(=S)[nH]c1=O)c1ccc(Cl)cc1. The van der Waals surface area contributed by atoms with Gasteiger partial charge in [-0.05, 0) is 43.3 Å². The van der Waals surface area contributed by atoms with Crippen LogP contribution in [0.5, 0.6) is 0 Å². The van der Waals surface area contributed by atoms with Crippen molar-refractivity contribution in [2.24, 2.45) is 0 Å². The predicted octanol–water partition coefficient (Wildman–Crippen LogP) is 2.75. The molecule has 0 aliphatic heterocycles. The quantitative estimate of drug-likeness (QED) is 0.481. The number of amides is 1. The Morgan fingerprint density at radius 1 is 1.26 bits per heavy atom. The summed E-state index contributed by atoms with van der Waals surface area (Å²) in [6.07, 6.45) is 0.312. The van der Waals surface area contributed by atoms with E-state index in [0.29, 0.717) is 16.3 Å². The molecule has 144 valence electrons. The summed E-state index contributed by atoms with van der Waals surface area (Å²) in [4.78, 5) is 41.4. The van der Waals surface area contributed by atoms with Gasteiger partial charge in [0.2, 0.25) is 5.91 Å². The van der Waals surface area contributed by atoms with E-state index in [1.807, 2.05) is 0 Å². The number of hydrogen-bond acceptors (Lipinski definition) is 5. The van der Waals surface area contributed by atoms with Gasteiger partial charge in [-0.25, -0.2) is 0 Å². The third-order valence-electron chi connectivity index (χ3n) is 4.06. The number of carbonyl (C=O) groups excluding carboxylic acids is 2. The van der Waals surface area contributed by atoms with Gasteiger partial charge in [0.15, 0.2) is 4.77 Å². The van der Waals surface area contributed by atoms with Crippen LogP contribution in [-0.2, 0) is 20.7 Å². The highest BCUT2D eigenvalue weighted by Gasteiger charge is 2.19. The molecule has 1 aromatic heterocycles. The molecule has 1 amide bonds. The molecule has 9 heteroatoms. The summed E-state index contributed by atoms with van der Waals surface area (Å²) in [5.41, 5.74) is 1.51. The van der Waals surface area contributed by atoms with Crippen molar-refractivity contribution in [1.82, 2.24) is 15.3 Å². The summed E-state index contributed by atoms with van der Waals surface area (Å²) in [6, 6.07) is 6.29. The maximum atomic E-state index is 12.4. The molecule has 0 fully saturated rings. The molecule has 27 heavy (non-hydrogen) atoms. The van der Waals surface area contributed by atoms with Crippen molar-refractivity contribution in [3.63, 3.8) is 0 Å². The van der Waals surface area contributed by atoms with E-state index in [-0.39, 0.29) is 35.5 Å². The zero-order valence-corrected chi connectivity index (χ0v) is 16.5. The van der Waals surface area contributed by atoms with E-state index in [0.717, 1.165) is 5.56 Å². The third kappa shape index (κ3) is 6.04. The fourth-order valence-corrected chi connectivity index (χ4v) is 3.00. The van der Waals surface area contributed by atoms with Crippen LogP contribution in [0.3, 0.4) is 0 Å². The van der Waals surface area contributed by atoms with E-state index in [4.69, 9.17) is 28.6 Å². The molecule has 0 bridgehead atoms. The summed E-state index contributed by atoms with van der Waals surface area (Å²) in [5, 5.41) is 3.37. The van der Waals surface area contributed by atoms with Crippen LogP contribution >= 0.6 is 23.8 Å². The van der Waals surface area contributed by atoms with Gasteiger partial charge in [0.05, 0.1) is 19.6 Å². The van der Waals surface area contributed by atoms with Gasteiger partial charge in [-0.3, -0.25) is 19.4 Å². The number of rotatable bonds is 7. The predicted molar refractivity (Wildman–Crippen MR) is 104 cm³/mol. The molecule has 2 aromatic rings. The van der Waals surface area contributed by atoms with Crippen molar-refractivity contribution in [2.45, 2.75) is 32.2 Å². The molecule has 1 aromatic carbocycles. The van der Waals surface area contributed by atoms with Crippen LogP contribution in [-0.4, -0.2) is 29.0 Å². The first-order chi connectivity index (χ1) is 12.8. The van der Waals surface area contributed by atoms with Gasteiger partial charge >= 0.3 is 5.97 Å². The second-order valence-electron chi connectivity index (χ2n) is 5.96. The molecular formula is C18H20ClN3O4S. The maximum Gasteiger partial charge on any atom is 0.307 e. The van der Waals surface area contributed by atoms with E-state index in [2.05, 4.69) is 15.3 Å². The van der Waals surface area contributed by atoms with Crippen molar-refractivity contribution >= 4 is 35.7 Å². The summed E-state index contributed by atoms with van der Waals surface area (Å²) < 4.78 is 4.95. The Hall–Kier alpha value is -2.45. The van der Waals surface area contributed by atoms with Gasteiger partial charge < -0.3 is 15.0 Å². The minimum absolute atomic E-state index is 0.0120. The van der Waals surface area contributed by atoms with Gasteiger partial charge in [0.1, 0.15) is 0 Å². The van der Waals surface area contributed by atoms with Gasteiger partial charge in [-0.2, -0.15) is 0 Å². The molecule has 3 N–H and O–H groups in total. The average molecular weight is 410 g/mol. The third-order valence-corrected chi connectivity index (χ3v) is 4.52. The molecule has 2 rings (SSSR count). The first-order valence-electron chi connectivity index (χ1n) is 8.24. The van der Waals surface area contributed by atoms with Crippen LogP contribution in [0, 0.1) is 11.7 Å². The van der Waals surface area contributed by atoms with E-state index < -0.39 is 12.0 Å². The minimum atomic E-state index is -0.553. The molecule has 0 unspecified atom stereocenters. The second kappa shape index (κ2) is 9.48. The largest absolute Gasteiger partial charge is 0.469 e. The number of aryl methyl sites for hydroxylation is 1. The first kappa shape index (κ1) is 20.9. The minimum Gasteiger partial charge on any atom is -0.469 e. The number of benzene rings is 1. The summed E-state index contributed by atoms with van der Waals surface area (Å²) in [7, 11) is 1.29. The Kier molecular flexibility index (Phi) is 7.32. The average Bonchev–Trinajstić information content (AvgIpc) is 2.60. The van der Waals surface area contributed by atoms with E-state index in [1.54, 1.807) is 31.2 Å². The van der Waals surface area contributed by atoms with Gasteiger partial charge in [-0.15, -0.1) is 0 Å². The molecular weight excluding hydrogens is 390 g/mol. The topological polar surface area (TPSA) is 104 Å². The van der Waals surface area contributed by atoms with E-state index in [1.165, 1.54) is 7.11 Å². The normalized spacial score (nSPS) is 11.7. The number of aromatic nitrogens is 2. The highest BCUT2D eigenvalue weighted by Crippen LogP contribution is 2.20. The Bertz CT molecular complexity index is 937. The van der Waals surface area contributed by atoms with Crippen LogP contribution in [0.2, 0.25) is 5.02 Å². The lowest BCUT2D eigenvalue weighted by atomic mass is 10.0. The van der Waals surface area contributed by atoms with Crippen molar-refractivity contribution < 1.29 is 14.3 Å². The number of esters is 1. The summed E-state index contributed by atoms with van der Waals surface area (Å²) >= 11 is 10.8. The molecule has 0 saturated heterocycles.